The Hall–Kier alpha value is -2.29. The van der Waals surface area contributed by atoms with Crippen LogP contribution in [0.25, 0.3) is 0 Å². The molecular formula is C70H131N2O7P. The first kappa shape index (κ1) is 77.7. The number of nitrogens with one attached hydrogen (secondary N) is 1. The summed E-state index contributed by atoms with van der Waals surface area (Å²) in [6, 6.07) is -0.901. The Bertz CT molecular complexity index is 1550. The van der Waals surface area contributed by atoms with Gasteiger partial charge in [0.05, 0.1) is 33.8 Å². The van der Waals surface area contributed by atoms with Crippen LogP contribution in [0, 0.1) is 0 Å². The summed E-state index contributed by atoms with van der Waals surface area (Å²) >= 11 is 0. The van der Waals surface area contributed by atoms with Crippen molar-refractivity contribution in [3.8, 4) is 0 Å². The van der Waals surface area contributed by atoms with Crippen LogP contribution in [0.4, 0.5) is 0 Å². The van der Waals surface area contributed by atoms with Crippen molar-refractivity contribution in [2.24, 2.45) is 0 Å². The predicted molar refractivity (Wildman–Crippen MR) is 344 cm³/mol. The van der Waals surface area contributed by atoms with E-state index >= 15 is 0 Å². The number of amides is 1. The number of nitrogens with zero attached hydrogens (tertiary/aromatic N) is 1. The molecule has 0 rings (SSSR count). The van der Waals surface area contributed by atoms with E-state index in [1.165, 1.54) is 212 Å². The summed E-state index contributed by atoms with van der Waals surface area (Å²) in [5.41, 5.74) is 0. The second-order valence-electron chi connectivity index (χ2n) is 24.4. The lowest BCUT2D eigenvalue weighted by Crippen LogP contribution is -2.47. The topological polar surface area (TPSA) is 114 Å². The van der Waals surface area contributed by atoms with Crippen LogP contribution < -0.4 is 10.2 Å². The van der Waals surface area contributed by atoms with Crippen LogP contribution in [0.2, 0.25) is 0 Å². The highest BCUT2D eigenvalue weighted by molar-refractivity contribution is 7.45. The Labute approximate surface area is 496 Å². The quantitative estimate of drug-likeness (QED) is 0.0161. The van der Waals surface area contributed by atoms with E-state index < -0.39 is 26.6 Å². The van der Waals surface area contributed by atoms with Gasteiger partial charge in [0.2, 0.25) is 5.91 Å². The fraction of sp³-hybridized carbons (Fsp3) is 0.829. The molecule has 0 saturated carbocycles. The maximum Gasteiger partial charge on any atom is 0.306 e. The van der Waals surface area contributed by atoms with Gasteiger partial charge in [0.15, 0.2) is 0 Å². The van der Waals surface area contributed by atoms with Crippen LogP contribution in [0.3, 0.4) is 0 Å². The molecule has 10 heteroatoms. The first-order valence-electron chi connectivity index (χ1n) is 34.1. The Morgan fingerprint density at radius 1 is 0.450 bits per heavy atom. The van der Waals surface area contributed by atoms with Gasteiger partial charge in [-0.2, -0.15) is 0 Å². The number of phosphoric acid groups is 1. The van der Waals surface area contributed by atoms with E-state index in [9.17, 15) is 19.0 Å². The number of hydrogen-bond donors (Lipinski definition) is 1. The number of unbranched alkanes of at least 4 members (excludes halogenated alkanes) is 39. The molecule has 80 heavy (non-hydrogen) atoms. The number of likely N-dealkylation sites (N-methyl/N-ethyl adjacent to an activating group) is 1. The lowest BCUT2D eigenvalue weighted by atomic mass is 10.0. The maximum atomic E-state index is 13.5. The van der Waals surface area contributed by atoms with Gasteiger partial charge in [-0.05, 0) is 89.5 Å². The van der Waals surface area contributed by atoms with Gasteiger partial charge in [-0.15, -0.1) is 0 Å². The van der Waals surface area contributed by atoms with Gasteiger partial charge in [0.1, 0.15) is 19.3 Å². The number of ether oxygens (including phenoxy) is 1. The third kappa shape index (κ3) is 60.3. The highest BCUT2D eigenvalue weighted by Crippen LogP contribution is 2.38. The number of carbonyl (C=O) groups excluding carboxylic acids is 2. The molecule has 0 aliphatic heterocycles. The average molecular weight is 1140 g/mol. The fourth-order valence-corrected chi connectivity index (χ4v) is 10.6. The number of quaternary nitrogens is 1. The Morgan fingerprint density at radius 2 is 0.800 bits per heavy atom. The molecule has 1 amide bonds. The molecule has 9 nitrogen and oxygen atoms in total. The van der Waals surface area contributed by atoms with Crippen molar-refractivity contribution < 1.29 is 37.3 Å². The molecule has 0 fully saturated rings. The average Bonchev–Trinajstić information content (AvgIpc) is 3.43. The van der Waals surface area contributed by atoms with E-state index in [1.807, 2.05) is 33.3 Å². The molecule has 0 saturated heterocycles. The zero-order valence-corrected chi connectivity index (χ0v) is 54.4. The molecule has 0 aromatic rings. The normalized spacial score (nSPS) is 13.9. The molecule has 0 spiro atoms. The van der Waals surface area contributed by atoms with Crippen molar-refractivity contribution in [1.82, 2.24) is 5.32 Å². The molecule has 1 N–H and O–H groups in total. The van der Waals surface area contributed by atoms with Crippen molar-refractivity contribution >= 4 is 19.7 Å². The molecule has 0 bridgehead atoms. The summed E-state index contributed by atoms with van der Waals surface area (Å²) < 4.78 is 30.3. The Kier molecular flexibility index (Phi) is 58.1. The van der Waals surface area contributed by atoms with Crippen LogP contribution in [0.15, 0.2) is 60.8 Å². The van der Waals surface area contributed by atoms with Crippen molar-refractivity contribution in [2.75, 3.05) is 40.9 Å². The summed E-state index contributed by atoms with van der Waals surface area (Å²) in [5.74, 6) is -0.562. The van der Waals surface area contributed by atoms with E-state index in [0.29, 0.717) is 17.4 Å². The number of phosphoric ester groups is 1. The third-order valence-corrected chi connectivity index (χ3v) is 16.2. The van der Waals surface area contributed by atoms with Crippen LogP contribution in [-0.2, 0) is 27.9 Å². The standard InChI is InChI=1S/C70H131N2O7P/c1-7-10-13-16-19-22-25-27-29-31-32-33-34-35-36-37-38-39-40-41-43-45-48-51-54-57-60-63-70(74)79-68(61-58-55-52-49-46-24-21-18-15-12-9-3)67(66-78-80(75,76)77-65-64-72(4,5)6)71-69(73)62-59-56-53-50-47-44-42-30-28-26-23-20-17-14-11-8-2/h19,22,27,29-30,42,44,47,58,61,67-68H,7-18,20-21,23-26,28,31-41,43,45-46,48-57,59-60,62-66H2,1-6H3,(H-,71,73,75,76)/b22-19-,29-27-,42-30+,47-44+,61-58-. The second-order valence-corrected chi connectivity index (χ2v) is 25.8. The summed E-state index contributed by atoms with van der Waals surface area (Å²) in [6.07, 6.45) is 76.4. The summed E-state index contributed by atoms with van der Waals surface area (Å²) in [4.78, 5) is 40.0. The van der Waals surface area contributed by atoms with Crippen molar-refractivity contribution in [3.63, 3.8) is 0 Å². The van der Waals surface area contributed by atoms with Gasteiger partial charge in [-0.25, -0.2) is 0 Å². The maximum absolute atomic E-state index is 13.5. The first-order chi connectivity index (χ1) is 38.9. The molecular weight excluding hydrogens is 1010 g/mol. The molecule has 3 atom stereocenters. The SMILES string of the molecule is CCCCC/C=C\C/C=C\CCCCCCCCCCCCCCCCCCCC(=O)OC(/C=C\CCCCCCCCCCC)C(COP(=O)([O-])OCC[N+](C)(C)C)NC(=O)CCCCC/C=C/C=C/CCCCCCCCC. The lowest BCUT2D eigenvalue weighted by molar-refractivity contribution is -0.870. The van der Waals surface area contributed by atoms with Gasteiger partial charge < -0.3 is 28.5 Å². The van der Waals surface area contributed by atoms with E-state index in [1.54, 1.807) is 0 Å². The van der Waals surface area contributed by atoms with Gasteiger partial charge in [0, 0.05) is 12.8 Å². The summed E-state index contributed by atoms with van der Waals surface area (Å²) in [6.45, 7) is 6.82. The summed E-state index contributed by atoms with van der Waals surface area (Å²) in [7, 11) is 1.17. The second kappa shape index (κ2) is 59.9. The van der Waals surface area contributed by atoms with E-state index in [2.05, 4.69) is 74.7 Å². The van der Waals surface area contributed by atoms with E-state index in [-0.39, 0.29) is 31.3 Å². The third-order valence-electron chi connectivity index (χ3n) is 15.2. The minimum atomic E-state index is -4.71. The van der Waals surface area contributed by atoms with Gasteiger partial charge in [0.25, 0.3) is 7.82 Å². The van der Waals surface area contributed by atoms with Gasteiger partial charge >= 0.3 is 5.97 Å². The molecule has 468 valence electrons. The first-order valence-corrected chi connectivity index (χ1v) is 35.6. The fourth-order valence-electron chi connectivity index (χ4n) is 9.90. The van der Waals surface area contributed by atoms with Crippen molar-refractivity contribution in [3.05, 3.63) is 60.8 Å². The Balaban J connectivity index is 5.01. The molecule has 0 radical (unpaired) electrons. The van der Waals surface area contributed by atoms with E-state index in [0.717, 1.165) is 70.6 Å². The Morgan fingerprint density at radius 3 is 1.24 bits per heavy atom. The highest BCUT2D eigenvalue weighted by atomic mass is 31.2. The molecule has 0 aromatic carbocycles. The monoisotopic (exact) mass is 1140 g/mol. The van der Waals surface area contributed by atoms with Gasteiger partial charge in [-0.1, -0.05) is 281 Å². The molecule has 3 unspecified atom stereocenters. The number of esters is 1. The van der Waals surface area contributed by atoms with Crippen LogP contribution in [0.1, 0.15) is 323 Å². The van der Waals surface area contributed by atoms with Crippen LogP contribution in [-0.4, -0.2) is 69.4 Å². The molecule has 0 aliphatic carbocycles. The van der Waals surface area contributed by atoms with Crippen molar-refractivity contribution in [2.45, 2.75) is 335 Å². The highest BCUT2D eigenvalue weighted by Gasteiger charge is 2.27. The van der Waals surface area contributed by atoms with Crippen LogP contribution in [0.5, 0.6) is 0 Å². The molecule has 0 heterocycles. The smallest absolute Gasteiger partial charge is 0.306 e. The predicted octanol–water partition coefficient (Wildman–Crippen LogP) is 20.8. The van der Waals surface area contributed by atoms with Crippen LogP contribution >= 0.6 is 7.82 Å². The zero-order valence-electron chi connectivity index (χ0n) is 53.5. The minimum absolute atomic E-state index is 0.0272. The largest absolute Gasteiger partial charge is 0.756 e. The number of allylic oxidation sites excluding steroid dienone is 9. The molecule has 0 aliphatic rings. The van der Waals surface area contributed by atoms with Crippen molar-refractivity contribution in [1.29, 1.82) is 0 Å². The zero-order chi connectivity index (χ0) is 58.6. The van der Waals surface area contributed by atoms with Gasteiger partial charge in [-0.3, -0.25) is 14.2 Å². The molecule has 0 aromatic heterocycles. The number of carbonyl (C=O) groups is 2. The lowest BCUT2D eigenvalue weighted by Gasteiger charge is -2.30. The van der Waals surface area contributed by atoms with E-state index in [4.69, 9.17) is 13.8 Å². The number of hydrogen-bond acceptors (Lipinski definition) is 7. The number of rotatable bonds is 62. The minimum Gasteiger partial charge on any atom is -0.756 e. The summed E-state index contributed by atoms with van der Waals surface area (Å²) in [5, 5.41) is 3.02.